The standard InChI is InChI=1S/C20H22N4O3S2/c1-11-13(3)29-17(15(11)19(26)27-5)22-20(28)21-16-12(2)23(4)24(18(16)25)14-9-7-6-8-10-14/h6-10H,1-5H3,(H2,21,22,28). The van der Waals surface area contributed by atoms with Crippen LogP contribution >= 0.6 is 23.6 Å². The van der Waals surface area contributed by atoms with E-state index < -0.39 is 5.97 Å². The van der Waals surface area contributed by atoms with E-state index in [1.807, 2.05) is 58.2 Å². The molecule has 0 unspecified atom stereocenters. The summed E-state index contributed by atoms with van der Waals surface area (Å²) in [5.74, 6) is -0.431. The molecule has 0 aliphatic rings. The fourth-order valence-electron chi connectivity index (χ4n) is 3.02. The van der Waals surface area contributed by atoms with Gasteiger partial charge < -0.3 is 15.4 Å². The molecular weight excluding hydrogens is 408 g/mol. The zero-order valence-electron chi connectivity index (χ0n) is 16.8. The zero-order valence-corrected chi connectivity index (χ0v) is 18.5. The van der Waals surface area contributed by atoms with Crippen molar-refractivity contribution in [3.63, 3.8) is 0 Å². The third-order valence-electron chi connectivity index (χ3n) is 4.79. The summed E-state index contributed by atoms with van der Waals surface area (Å²) in [7, 11) is 3.15. The summed E-state index contributed by atoms with van der Waals surface area (Å²) >= 11 is 6.83. The van der Waals surface area contributed by atoms with Gasteiger partial charge in [0.1, 0.15) is 10.7 Å². The number of carbonyl (C=O) groups is 1. The number of rotatable bonds is 4. The third-order valence-corrected chi connectivity index (χ3v) is 6.12. The second-order valence-electron chi connectivity index (χ2n) is 6.49. The quantitative estimate of drug-likeness (QED) is 0.485. The molecule has 0 saturated carbocycles. The van der Waals surface area contributed by atoms with E-state index in [9.17, 15) is 9.59 Å². The van der Waals surface area contributed by atoms with Gasteiger partial charge in [-0.15, -0.1) is 11.3 Å². The SMILES string of the molecule is COC(=O)c1c(NC(=S)Nc2c(C)n(C)n(-c3ccccc3)c2=O)sc(C)c1C. The van der Waals surface area contributed by atoms with E-state index in [0.29, 0.717) is 16.3 Å². The number of esters is 1. The number of nitrogens with zero attached hydrogens (tertiary/aromatic N) is 2. The number of aromatic nitrogens is 2. The Balaban J connectivity index is 1.91. The van der Waals surface area contributed by atoms with E-state index in [4.69, 9.17) is 17.0 Å². The average molecular weight is 431 g/mol. The Morgan fingerprint density at radius 1 is 1.14 bits per heavy atom. The Kier molecular flexibility index (Phi) is 5.90. The number of thiocarbonyl (C=S) groups is 1. The van der Waals surface area contributed by atoms with Crippen molar-refractivity contribution in [1.29, 1.82) is 0 Å². The normalized spacial score (nSPS) is 10.7. The van der Waals surface area contributed by atoms with Crippen LogP contribution in [-0.4, -0.2) is 27.6 Å². The number of methoxy groups -OCH3 is 1. The van der Waals surface area contributed by atoms with Gasteiger partial charge >= 0.3 is 5.97 Å². The fraction of sp³-hybridized carbons (Fsp3) is 0.250. The first-order valence-corrected chi connectivity index (χ1v) is 10.1. The van der Waals surface area contributed by atoms with E-state index in [1.165, 1.54) is 18.4 Å². The largest absolute Gasteiger partial charge is 0.465 e. The van der Waals surface area contributed by atoms with E-state index in [2.05, 4.69) is 10.6 Å². The van der Waals surface area contributed by atoms with Crippen LogP contribution < -0.4 is 16.2 Å². The van der Waals surface area contributed by atoms with E-state index in [-0.39, 0.29) is 10.7 Å². The first-order valence-electron chi connectivity index (χ1n) is 8.86. The second kappa shape index (κ2) is 8.22. The molecule has 0 bridgehead atoms. The Morgan fingerprint density at radius 2 is 1.79 bits per heavy atom. The van der Waals surface area contributed by atoms with Crippen LogP contribution in [-0.2, 0) is 11.8 Å². The van der Waals surface area contributed by atoms with Crippen molar-refractivity contribution < 1.29 is 9.53 Å². The van der Waals surface area contributed by atoms with Gasteiger partial charge in [-0.2, -0.15) is 0 Å². The topological polar surface area (TPSA) is 77.3 Å². The summed E-state index contributed by atoms with van der Waals surface area (Å²) < 4.78 is 8.22. The van der Waals surface area contributed by atoms with Gasteiger partial charge in [-0.25, -0.2) is 9.48 Å². The van der Waals surface area contributed by atoms with Crippen molar-refractivity contribution in [2.24, 2.45) is 7.05 Å². The highest BCUT2D eigenvalue weighted by Gasteiger charge is 2.22. The van der Waals surface area contributed by atoms with Crippen molar-refractivity contribution in [2.45, 2.75) is 20.8 Å². The van der Waals surface area contributed by atoms with Crippen molar-refractivity contribution >= 4 is 45.3 Å². The average Bonchev–Trinajstić information content (AvgIpc) is 3.09. The van der Waals surface area contributed by atoms with Gasteiger partial charge in [-0.1, -0.05) is 18.2 Å². The maximum absolute atomic E-state index is 13.0. The molecule has 9 heteroatoms. The highest BCUT2D eigenvalue weighted by atomic mass is 32.1. The van der Waals surface area contributed by atoms with Crippen LogP contribution in [0.4, 0.5) is 10.7 Å². The predicted molar refractivity (Wildman–Crippen MR) is 121 cm³/mol. The van der Waals surface area contributed by atoms with Crippen LogP contribution in [0.1, 0.15) is 26.5 Å². The van der Waals surface area contributed by atoms with Gasteiger partial charge in [-0.3, -0.25) is 9.48 Å². The number of carbonyl (C=O) groups excluding carboxylic acids is 1. The van der Waals surface area contributed by atoms with Gasteiger partial charge in [0.25, 0.3) is 5.56 Å². The van der Waals surface area contributed by atoms with Gasteiger partial charge in [0.05, 0.1) is 24.1 Å². The first kappa shape index (κ1) is 20.8. The van der Waals surface area contributed by atoms with Crippen molar-refractivity contribution in [1.82, 2.24) is 9.36 Å². The Bertz CT molecular complexity index is 1140. The molecule has 0 radical (unpaired) electrons. The lowest BCUT2D eigenvalue weighted by molar-refractivity contribution is 0.0601. The Morgan fingerprint density at radius 3 is 2.41 bits per heavy atom. The monoisotopic (exact) mass is 430 g/mol. The lowest BCUT2D eigenvalue weighted by atomic mass is 10.1. The molecule has 2 heterocycles. The molecule has 0 aliphatic heterocycles. The summed E-state index contributed by atoms with van der Waals surface area (Å²) in [4.78, 5) is 26.1. The number of aryl methyl sites for hydroxylation is 1. The number of para-hydroxylation sites is 1. The lowest BCUT2D eigenvalue weighted by Crippen LogP contribution is -2.25. The minimum Gasteiger partial charge on any atom is -0.465 e. The van der Waals surface area contributed by atoms with Crippen LogP contribution in [0.3, 0.4) is 0 Å². The number of thiophene rings is 1. The van der Waals surface area contributed by atoms with Crippen LogP contribution in [0.25, 0.3) is 5.69 Å². The number of nitrogens with one attached hydrogen (secondary N) is 2. The summed E-state index contributed by atoms with van der Waals surface area (Å²) in [6.07, 6.45) is 0. The third kappa shape index (κ3) is 3.83. The molecule has 3 aromatic rings. The highest BCUT2D eigenvalue weighted by molar-refractivity contribution is 7.80. The second-order valence-corrected chi connectivity index (χ2v) is 8.13. The number of ether oxygens (including phenoxy) is 1. The molecule has 0 amide bonds. The van der Waals surface area contributed by atoms with Gasteiger partial charge in [-0.05, 0) is 50.7 Å². The first-order chi connectivity index (χ1) is 13.8. The van der Waals surface area contributed by atoms with E-state index in [0.717, 1.165) is 21.8 Å². The molecule has 29 heavy (non-hydrogen) atoms. The van der Waals surface area contributed by atoms with Crippen molar-refractivity contribution in [2.75, 3.05) is 17.7 Å². The molecule has 152 valence electrons. The van der Waals surface area contributed by atoms with Crippen LogP contribution in [0.15, 0.2) is 35.1 Å². The van der Waals surface area contributed by atoms with Crippen LogP contribution in [0.2, 0.25) is 0 Å². The Labute approximate surface area is 177 Å². The highest BCUT2D eigenvalue weighted by Crippen LogP contribution is 2.33. The minimum absolute atomic E-state index is 0.216. The molecule has 2 aromatic heterocycles. The molecular formula is C20H22N4O3S2. The molecule has 1 aromatic carbocycles. The van der Waals surface area contributed by atoms with Crippen molar-refractivity contribution in [3.8, 4) is 5.69 Å². The number of hydrogen-bond acceptors (Lipinski definition) is 5. The molecule has 0 spiro atoms. The van der Waals surface area contributed by atoms with Crippen LogP contribution in [0.5, 0.6) is 0 Å². The molecule has 0 saturated heterocycles. The predicted octanol–water partition coefficient (Wildman–Crippen LogP) is 3.76. The fourth-order valence-corrected chi connectivity index (χ4v) is 4.34. The smallest absolute Gasteiger partial charge is 0.341 e. The number of anilines is 2. The summed E-state index contributed by atoms with van der Waals surface area (Å²) in [5.41, 5.74) is 2.94. The zero-order chi connectivity index (χ0) is 21.3. The molecule has 0 aliphatic carbocycles. The van der Waals surface area contributed by atoms with E-state index in [1.54, 1.807) is 9.36 Å². The summed E-state index contributed by atoms with van der Waals surface area (Å²) in [6.45, 7) is 5.62. The Hall–Kier alpha value is -2.91. The van der Waals surface area contributed by atoms with Crippen LogP contribution in [0, 0.1) is 20.8 Å². The molecule has 2 N–H and O–H groups in total. The number of benzene rings is 1. The molecule has 3 rings (SSSR count). The van der Waals surface area contributed by atoms with Gasteiger partial charge in [0.15, 0.2) is 5.11 Å². The maximum Gasteiger partial charge on any atom is 0.341 e. The molecule has 0 atom stereocenters. The van der Waals surface area contributed by atoms with Gasteiger partial charge in [0.2, 0.25) is 0 Å². The lowest BCUT2D eigenvalue weighted by Gasteiger charge is -2.10. The summed E-state index contributed by atoms with van der Waals surface area (Å²) in [5, 5.41) is 6.84. The van der Waals surface area contributed by atoms with E-state index >= 15 is 0 Å². The minimum atomic E-state index is -0.431. The summed E-state index contributed by atoms with van der Waals surface area (Å²) in [6, 6.07) is 9.37. The van der Waals surface area contributed by atoms with Gasteiger partial charge in [0, 0.05) is 11.9 Å². The number of hydrogen-bond donors (Lipinski definition) is 2. The van der Waals surface area contributed by atoms with Crippen molar-refractivity contribution in [3.05, 3.63) is 62.4 Å². The molecule has 0 fully saturated rings. The maximum atomic E-state index is 13.0. The molecule has 7 nitrogen and oxygen atoms in total.